The quantitative estimate of drug-likeness (QED) is 0.851. The van der Waals surface area contributed by atoms with Gasteiger partial charge < -0.3 is 14.2 Å². The van der Waals surface area contributed by atoms with E-state index in [2.05, 4.69) is 4.90 Å². The number of nitrogens with zero attached hydrogens (tertiary/aromatic N) is 2. The average molecular weight is 334 g/mol. The van der Waals surface area contributed by atoms with Crippen LogP contribution in [0.3, 0.4) is 0 Å². The van der Waals surface area contributed by atoms with Crippen LogP contribution in [0.4, 0.5) is 0 Å². The lowest BCUT2D eigenvalue weighted by molar-refractivity contribution is 0.0627. The van der Waals surface area contributed by atoms with Crippen LogP contribution in [0.1, 0.15) is 10.6 Å². The van der Waals surface area contributed by atoms with Crippen molar-refractivity contribution in [2.45, 2.75) is 9.99 Å². The molecule has 0 atom stereocenters. The second kappa shape index (κ2) is 6.17. The fourth-order valence-corrected chi connectivity index (χ4v) is 3.66. The van der Waals surface area contributed by atoms with Crippen molar-refractivity contribution in [1.29, 1.82) is 0 Å². The van der Waals surface area contributed by atoms with Gasteiger partial charge in [-0.15, -0.1) is 0 Å². The molecule has 3 rings (SSSR count). The van der Waals surface area contributed by atoms with Crippen molar-refractivity contribution >= 4 is 15.7 Å². The molecule has 0 saturated carbocycles. The number of sulfone groups is 1. The summed E-state index contributed by atoms with van der Waals surface area (Å²) >= 11 is 0. The van der Waals surface area contributed by atoms with Crippen LogP contribution in [-0.4, -0.2) is 57.4 Å². The van der Waals surface area contributed by atoms with E-state index in [4.69, 9.17) is 4.42 Å². The first-order valence-corrected chi connectivity index (χ1v) is 8.84. The van der Waals surface area contributed by atoms with E-state index in [0.717, 1.165) is 13.1 Å². The Morgan fingerprint density at radius 1 is 1.00 bits per heavy atom. The SMILES string of the molecule is CN1CCN(C(=O)c2ccc(S(=O)(=O)c3ccccc3)o2)CC1. The normalized spacial score (nSPS) is 16.5. The van der Waals surface area contributed by atoms with E-state index in [1.165, 1.54) is 24.3 Å². The van der Waals surface area contributed by atoms with Gasteiger partial charge in [-0.05, 0) is 31.3 Å². The molecule has 23 heavy (non-hydrogen) atoms. The highest BCUT2D eigenvalue weighted by atomic mass is 32.2. The second-order valence-corrected chi connectivity index (χ2v) is 7.41. The highest BCUT2D eigenvalue weighted by Gasteiger charge is 2.26. The number of likely N-dealkylation sites (N-methyl/N-ethyl adjacent to an activating group) is 1. The van der Waals surface area contributed by atoms with Crippen molar-refractivity contribution in [1.82, 2.24) is 9.80 Å². The summed E-state index contributed by atoms with van der Waals surface area (Å²) in [6.07, 6.45) is 0. The number of hydrogen-bond donors (Lipinski definition) is 0. The Morgan fingerprint density at radius 3 is 2.30 bits per heavy atom. The van der Waals surface area contributed by atoms with E-state index in [1.54, 1.807) is 23.1 Å². The highest BCUT2D eigenvalue weighted by Crippen LogP contribution is 2.23. The summed E-state index contributed by atoms with van der Waals surface area (Å²) in [6, 6.07) is 10.8. The third kappa shape index (κ3) is 3.16. The largest absolute Gasteiger partial charge is 0.439 e. The van der Waals surface area contributed by atoms with Crippen molar-refractivity contribution in [3.63, 3.8) is 0 Å². The molecule has 0 radical (unpaired) electrons. The van der Waals surface area contributed by atoms with E-state index in [1.807, 2.05) is 7.05 Å². The lowest BCUT2D eigenvalue weighted by atomic mass is 10.3. The molecule has 1 saturated heterocycles. The molecule has 122 valence electrons. The minimum atomic E-state index is -3.74. The fraction of sp³-hybridized carbons (Fsp3) is 0.312. The zero-order valence-electron chi connectivity index (χ0n) is 12.8. The number of carbonyl (C=O) groups is 1. The summed E-state index contributed by atoms with van der Waals surface area (Å²) in [5.41, 5.74) is 0. The lowest BCUT2D eigenvalue weighted by Gasteiger charge is -2.31. The van der Waals surface area contributed by atoms with Gasteiger partial charge in [-0.1, -0.05) is 18.2 Å². The molecule has 1 aromatic heterocycles. The van der Waals surface area contributed by atoms with Gasteiger partial charge >= 0.3 is 0 Å². The summed E-state index contributed by atoms with van der Waals surface area (Å²) in [4.78, 5) is 16.4. The molecule has 2 aromatic rings. The maximum Gasteiger partial charge on any atom is 0.289 e. The first kappa shape index (κ1) is 15.8. The molecule has 2 heterocycles. The Bertz CT molecular complexity index is 790. The lowest BCUT2D eigenvalue weighted by Crippen LogP contribution is -2.47. The Hall–Kier alpha value is -2.12. The number of furan rings is 1. The molecule has 0 aliphatic carbocycles. The van der Waals surface area contributed by atoms with Crippen LogP contribution in [0.25, 0.3) is 0 Å². The molecule has 0 N–H and O–H groups in total. The predicted molar refractivity (Wildman–Crippen MR) is 84.0 cm³/mol. The van der Waals surface area contributed by atoms with Gasteiger partial charge in [-0.2, -0.15) is 0 Å². The van der Waals surface area contributed by atoms with Crippen molar-refractivity contribution in [3.05, 3.63) is 48.2 Å². The Kier molecular flexibility index (Phi) is 4.23. The van der Waals surface area contributed by atoms with E-state index in [-0.39, 0.29) is 21.7 Å². The molecule has 0 unspecified atom stereocenters. The van der Waals surface area contributed by atoms with Gasteiger partial charge in [-0.25, -0.2) is 8.42 Å². The third-order valence-corrected chi connectivity index (χ3v) is 5.54. The molecule has 6 nitrogen and oxygen atoms in total. The molecule has 1 aliphatic rings. The van der Waals surface area contributed by atoms with Crippen molar-refractivity contribution < 1.29 is 17.6 Å². The van der Waals surface area contributed by atoms with Gasteiger partial charge in [0, 0.05) is 26.2 Å². The van der Waals surface area contributed by atoms with E-state index < -0.39 is 9.84 Å². The van der Waals surface area contributed by atoms with Crippen LogP contribution >= 0.6 is 0 Å². The first-order valence-electron chi connectivity index (χ1n) is 7.36. The monoisotopic (exact) mass is 334 g/mol. The molecule has 1 amide bonds. The average Bonchev–Trinajstić information content (AvgIpc) is 3.06. The summed E-state index contributed by atoms with van der Waals surface area (Å²) in [5, 5.41) is -0.207. The number of hydrogen-bond acceptors (Lipinski definition) is 5. The molecule has 0 bridgehead atoms. The van der Waals surface area contributed by atoms with E-state index >= 15 is 0 Å². The smallest absolute Gasteiger partial charge is 0.289 e. The van der Waals surface area contributed by atoms with Crippen LogP contribution < -0.4 is 0 Å². The maximum absolute atomic E-state index is 12.5. The molecule has 1 aromatic carbocycles. The van der Waals surface area contributed by atoms with Gasteiger partial charge in [0.15, 0.2) is 5.76 Å². The first-order chi connectivity index (χ1) is 11.0. The van der Waals surface area contributed by atoms with Crippen LogP contribution in [-0.2, 0) is 9.84 Å². The minimum Gasteiger partial charge on any atom is -0.439 e. The molecule has 1 fully saturated rings. The molecular formula is C16H18N2O4S. The van der Waals surface area contributed by atoms with Crippen LogP contribution in [0, 0.1) is 0 Å². The summed E-state index contributed by atoms with van der Waals surface area (Å²) in [5.74, 6) is -0.211. The Balaban J connectivity index is 1.82. The predicted octanol–water partition coefficient (Wildman–Crippen LogP) is 1.50. The molecule has 7 heteroatoms. The standard InChI is InChI=1S/C16H18N2O4S/c1-17-9-11-18(12-10-17)16(19)14-7-8-15(22-14)23(20,21)13-5-3-2-4-6-13/h2-8H,9-12H2,1H3. The summed E-state index contributed by atoms with van der Waals surface area (Å²) in [7, 11) is -1.74. The maximum atomic E-state index is 12.5. The van der Waals surface area contributed by atoms with Crippen LogP contribution in [0.15, 0.2) is 56.9 Å². The number of carbonyl (C=O) groups excluding carboxylic acids is 1. The topological polar surface area (TPSA) is 70.8 Å². The fourth-order valence-electron chi connectivity index (χ4n) is 2.46. The van der Waals surface area contributed by atoms with Gasteiger partial charge in [-0.3, -0.25) is 4.79 Å². The van der Waals surface area contributed by atoms with Gasteiger partial charge in [0.25, 0.3) is 5.91 Å². The Morgan fingerprint density at radius 2 is 1.65 bits per heavy atom. The van der Waals surface area contributed by atoms with Crippen molar-refractivity contribution in [2.24, 2.45) is 0 Å². The zero-order valence-corrected chi connectivity index (χ0v) is 13.6. The second-order valence-electron chi connectivity index (χ2n) is 5.53. The van der Waals surface area contributed by atoms with Gasteiger partial charge in [0.2, 0.25) is 14.9 Å². The van der Waals surface area contributed by atoms with Crippen LogP contribution in [0.5, 0.6) is 0 Å². The molecule has 0 spiro atoms. The Labute approximate surface area is 135 Å². The third-order valence-electron chi connectivity index (χ3n) is 3.90. The number of amides is 1. The van der Waals surface area contributed by atoms with E-state index in [0.29, 0.717) is 13.1 Å². The number of piperazine rings is 1. The van der Waals surface area contributed by atoms with Crippen molar-refractivity contribution in [2.75, 3.05) is 33.2 Å². The van der Waals surface area contributed by atoms with Gasteiger partial charge in [0.05, 0.1) is 4.90 Å². The van der Waals surface area contributed by atoms with Crippen molar-refractivity contribution in [3.8, 4) is 0 Å². The number of rotatable bonds is 3. The molecule has 1 aliphatic heterocycles. The summed E-state index contributed by atoms with van der Waals surface area (Å²) < 4.78 is 30.3. The molecular weight excluding hydrogens is 316 g/mol. The zero-order chi connectivity index (χ0) is 16.4. The highest BCUT2D eigenvalue weighted by molar-refractivity contribution is 7.91. The summed E-state index contributed by atoms with van der Waals surface area (Å²) in [6.45, 7) is 2.80. The van der Waals surface area contributed by atoms with E-state index in [9.17, 15) is 13.2 Å². The van der Waals surface area contributed by atoms with Gasteiger partial charge in [0.1, 0.15) is 0 Å². The van der Waals surface area contributed by atoms with Crippen LogP contribution in [0.2, 0.25) is 0 Å². The number of benzene rings is 1. The minimum absolute atomic E-state index is 0.0593.